The Labute approximate surface area is 187 Å². The number of hydrogen-bond acceptors (Lipinski definition) is 8. The summed E-state index contributed by atoms with van der Waals surface area (Å²) < 4.78 is 19.3. The zero-order chi connectivity index (χ0) is 22.8. The van der Waals surface area contributed by atoms with E-state index in [-0.39, 0.29) is 23.5 Å². The highest BCUT2D eigenvalue weighted by atomic mass is 19.1. The lowest BCUT2D eigenvalue weighted by molar-refractivity contribution is 0.102. The van der Waals surface area contributed by atoms with Gasteiger partial charge in [0.25, 0.3) is 5.91 Å². The molecule has 166 valence electrons. The number of tetrazole rings is 1. The van der Waals surface area contributed by atoms with Gasteiger partial charge in [-0.15, -0.1) is 10.2 Å². The molecule has 3 heterocycles. The Balaban J connectivity index is 1.15. The molecule has 0 aliphatic carbocycles. The van der Waals surface area contributed by atoms with Gasteiger partial charge >= 0.3 is 0 Å². The fourth-order valence-electron chi connectivity index (χ4n) is 3.36. The number of nitrogens with zero attached hydrogens (tertiary/aromatic N) is 6. The molecule has 1 saturated heterocycles. The number of amides is 1. The van der Waals surface area contributed by atoms with Gasteiger partial charge in [-0.05, 0) is 48.0 Å². The third-order valence-corrected chi connectivity index (χ3v) is 5.23. The van der Waals surface area contributed by atoms with Crippen molar-refractivity contribution in [1.29, 1.82) is 0 Å². The van der Waals surface area contributed by atoms with Crippen molar-refractivity contribution in [2.45, 2.75) is 13.0 Å². The van der Waals surface area contributed by atoms with E-state index in [2.05, 4.69) is 35.9 Å². The lowest BCUT2D eigenvalue weighted by Gasteiger charge is -2.39. The van der Waals surface area contributed by atoms with Gasteiger partial charge in [-0.25, -0.2) is 14.4 Å². The Morgan fingerprint density at radius 3 is 2.67 bits per heavy atom. The molecule has 1 amide bonds. The summed E-state index contributed by atoms with van der Waals surface area (Å²) in [4.78, 5) is 23.0. The van der Waals surface area contributed by atoms with Crippen molar-refractivity contribution in [3.05, 3.63) is 71.9 Å². The zero-order valence-corrected chi connectivity index (χ0v) is 17.6. The molecule has 1 aliphatic heterocycles. The monoisotopic (exact) mass is 446 g/mol. The second-order valence-corrected chi connectivity index (χ2v) is 7.58. The number of anilines is 2. The third-order valence-electron chi connectivity index (χ3n) is 5.23. The van der Waals surface area contributed by atoms with Crippen LogP contribution in [-0.4, -0.2) is 55.7 Å². The molecule has 4 aromatic rings. The number of H-pyrrole nitrogens is 1. The summed E-state index contributed by atoms with van der Waals surface area (Å²) in [7, 11) is 0. The number of aryl methyl sites for hydroxylation is 1. The highest BCUT2D eigenvalue weighted by molar-refractivity contribution is 6.02. The van der Waals surface area contributed by atoms with Gasteiger partial charge < -0.3 is 15.0 Å². The number of aromatic nitrogens is 6. The van der Waals surface area contributed by atoms with Gasteiger partial charge in [0.15, 0.2) is 0 Å². The first-order valence-electron chi connectivity index (χ1n) is 10.2. The largest absolute Gasteiger partial charge is 0.486 e. The molecule has 1 aliphatic rings. The topological polar surface area (TPSA) is 122 Å². The van der Waals surface area contributed by atoms with Gasteiger partial charge in [0.05, 0.1) is 25.5 Å². The van der Waals surface area contributed by atoms with Crippen LogP contribution in [0.25, 0.3) is 11.4 Å². The van der Waals surface area contributed by atoms with E-state index in [1.54, 1.807) is 36.5 Å². The number of carbonyl (C=O) groups is 1. The second-order valence-electron chi connectivity index (χ2n) is 7.58. The molecule has 0 spiro atoms. The number of rotatable bonds is 6. The molecule has 0 unspecified atom stereocenters. The summed E-state index contributed by atoms with van der Waals surface area (Å²) in [5.41, 5.74) is 2.46. The first-order valence-corrected chi connectivity index (χ1v) is 10.2. The lowest BCUT2D eigenvalue weighted by Crippen LogP contribution is -2.54. The summed E-state index contributed by atoms with van der Waals surface area (Å²) in [6.45, 7) is 3.08. The van der Waals surface area contributed by atoms with Crippen LogP contribution in [0.4, 0.5) is 15.9 Å². The van der Waals surface area contributed by atoms with Crippen molar-refractivity contribution in [2.24, 2.45) is 0 Å². The van der Waals surface area contributed by atoms with Crippen LogP contribution in [0.2, 0.25) is 0 Å². The number of hydrogen-bond donors (Lipinski definition) is 2. The van der Waals surface area contributed by atoms with Crippen molar-refractivity contribution >= 4 is 17.4 Å². The molecular weight excluding hydrogens is 427 g/mol. The zero-order valence-electron chi connectivity index (χ0n) is 17.6. The molecule has 2 aromatic carbocycles. The normalized spacial score (nSPS) is 13.5. The van der Waals surface area contributed by atoms with Crippen LogP contribution in [0, 0.1) is 12.7 Å². The maximum Gasteiger partial charge on any atom is 0.275 e. The van der Waals surface area contributed by atoms with Crippen LogP contribution in [0.15, 0.2) is 54.9 Å². The fraction of sp³-hybridized carbons (Fsp3) is 0.182. The Morgan fingerprint density at radius 1 is 1.15 bits per heavy atom. The third kappa shape index (κ3) is 4.47. The van der Waals surface area contributed by atoms with Crippen LogP contribution in [0.1, 0.15) is 16.1 Å². The molecule has 10 nitrogen and oxygen atoms in total. The predicted molar refractivity (Wildman–Crippen MR) is 117 cm³/mol. The van der Waals surface area contributed by atoms with E-state index in [0.717, 1.165) is 11.1 Å². The fourth-order valence-corrected chi connectivity index (χ4v) is 3.36. The molecule has 1 fully saturated rings. The maximum atomic E-state index is 13.4. The second kappa shape index (κ2) is 8.61. The van der Waals surface area contributed by atoms with E-state index < -0.39 is 0 Å². The van der Waals surface area contributed by atoms with Crippen molar-refractivity contribution in [2.75, 3.05) is 23.3 Å². The number of halogens is 1. The molecular formula is C22H19FN8O2. The van der Waals surface area contributed by atoms with Gasteiger partial charge in [0.1, 0.15) is 29.2 Å². The van der Waals surface area contributed by atoms with Crippen LogP contribution in [-0.2, 0) is 0 Å². The standard InChI is InChI=1S/C22H19FN8O2/c1-13-2-5-15(23)8-19(13)33-17-11-31(12-17)20-10-24-18(9-25-20)22(32)26-16-6-3-14(4-7-16)21-27-29-30-28-21/h2-10,17H,11-12H2,1H3,(H,26,32)(H,27,28,29,30). The average Bonchev–Trinajstić information content (AvgIpc) is 3.34. The van der Waals surface area contributed by atoms with Gasteiger partial charge in [0, 0.05) is 17.3 Å². The Kier molecular flexibility index (Phi) is 5.35. The van der Waals surface area contributed by atoms with Crippen molar-refractivity contribution in [1.82, 2.24) is 30.6 Å². The van der Waals surface area contributed by atoms with Gasteiger partial charge in [0.2, 0.25) is 5.82 Å². The highest BCUT2D eigenvalue weighted by Crippen LogP contribution is 2.25. The van der Waals surface area contributed by atoms with E-state index >= 15 is 0 Å². The minimum absolute atomic E-state index is 0.0642. The van der Waals surface area contributed by atoms with Crippen molar-refractivity contribution in [3.8, 4) is 17.1 Å². The quantitative estimate of drug-likeness (QED) is 0.464. The molecule has 11 heteroatoms. The maximum absolute atomic E-state index is 13.4. The number of aromatic amines is 1. The van der Waals surface area contributed by atoms with E-state index in [0.29, 0.717) is 36.2 Å². The molecule has 0 bridgehead atoms. The summed E-state index contributed by atoms with van der Waals surface area (Å²) in [5, 5.41) is 16.5. The SMILES string of the molecule is Cc1ccc(F)cc1OC1CN(c2cnc(C(=O)Nc3ccc(-c4nn[nH]n4)cc3)cn2)C1. The molecule has 0 saturated carbocycles. The summed E-state index contributed by atoms with van der Waals surface area (Å²) >= 11 is 0. The van der Waals surface area contributed by atoms with Crippen LogP contribution in [0.5, 0.6) is 5.75 Å². The Bertz CT molecular complexity index is 1260. The number of ether oxygens (including phenoxy) is 1. The van der Waals surface area contributed by atoms with Gasteiger partial charge in [-0.2, -0.15) is 5.21 Å². The minimum Gasteiger partial charge on any atom is -0.486 e. The van der Waals surface area contributed by atoms with Crippen LogP contribution in [0.3, 0.4) is 0 Å². The summed E-state index contributed by atoms with van der Waals surface area (Å²) in [5.74, 6) is 0.969. The Hall–Kier alpha value is -4.41. The number of nitrogens with one attached hydrogen (secondary N) is 2. The average molecular weight is 446 g/mol. The minimum atomic E-state index is -0.368. The molecule has 2 aromatic heterocycles. The first-order chi connectivity index (χ1) is 16.0. The molecule has 2 N–H and O–H groups in total. The van der Waals surface area contributed by atoms with Crippen molar-refractivity contribution < 1.29 is 13.9 Å². The Morgan fingerprint density at radius 2 is 1.97 bits per heavy atom. The molecule has 0 radical (unpaired) electrons. The van der Waals surface area contributed by atoms with E-state index in [4.69, 9.17) is 4.74 Å². The highest BCUT2D eigenvalue weighted by Gasteiger charge is 2.30. The van der Waals surface area contributed by atoms with E-state index in [1.165, 1.54) is 18.3 Å². The smallest absolute Gasteiger partial charge is 0.275 e. The van der Waals surface area contributed by atoms with Gasteiger partial charge in [-0.3, -0.25) is 4.79 Å². The predicted octanol–water partition coefficient (Wildman–Crippen LogP) is 2.62. The van der Waals surface area contributed by atoms with Crippen LogP contribution < -0.4 is 15.0 Å². The van der Waals surface area contributed by atoms with Gasteiger partial charge in [-0.1, -0.05) is 6.07 Å². The van der Waals surface area contributed by atoms with E-state index in [9.17, 15) is 9.18 Å². The number of benzene rings is 2. The summed E-state index contributed by atoms with van der Waals surface area (Å²) in [6, 6.07) is 11.5. The summed E-state index contributed by atoms with van der Waals surface area (Å²) in [6.07, 6.45) is 2.92. The number of carbonyl (C=O) groups excluding carboxylic acids is 1. The molecule has 33 heavy (non-hydrogen) atoms. The molecule has 0 atom stereocenters. The first kappa shape index (κ1) is 20.5. The molecule has 5 rings (SSSR count). The lowest BCUT2D eigenvalue weighted by atomic mass is 10.1. The van der Waals surface area contributed by atoms with Crippen LogP contribution >= 0.6 is 0 Å². The van der Waals surface area contributed by atoms with Crippen molar-refractivity contribution in [3.63, 3.8) is 0 Å². The van der Waals surface area contributed by atoms with E-state index in [1.807, 2.05) is 11.8 Å².